The molecule has 118 valence electrons. The number of carbonyl (C=O) groups excluding carboxylic acids is 1. The normalized spacial score (nSPS) is 12.0. The molecule has 2 rings (SSSR count). The van der Waals surface area contributed by atoms with Crippen molar-refractivity contribution >= 4 is 6.03 Å². The molecule has 6 nitrogen and oxygen atoms in total. The lowest BCUT2D eigenvalue weighted by molar-refractivity contribution is 0.193. The van der Waals surface area contributed by atoms with Gasteiger partial charge in [0.1, 0.15) is 0 Å². The summed E-state index contributed by atoms with van der Waals surface area (Å²) in [4.78, 5) is 18.3. The number of hydrogen-bond acceptors (Lipinski definition) is 3. The molecule has 0 aliphatic heterocycles. The van der Waals surface area contributed by atoms with Gasteiger partial charge in [-0.3, -0.25) is 9.67 Å². The Labute approximate surface area is 131 Å². The number of aryl methyl sites for hydroxylation is 1. The number of pyridine rings is 1. The fourth-order valence-corrected chi connectivity index (χ4v) is 2.39. The van der Waals surface area contributed by atoms with Crippen molar-refractivity contribution in [3.63, 3.8) is 0 Å². The highest BCUT2D eigenvalue weighted by molar-refractivity contribution is 5.74. The van der Waals surface area contributed by atoms with Crippen molar-refractivity contribution in [3.8, 4) is 0 Å². The van der Waals surface area contributed by atoms with Gasteiger partial charge in [0.25, 0.3) is 0 Å². The van der Waals surface area contributed by atoms with Crippen LogP contribution in [0.15, 0.2) is 36.8 Å². The highest BCUT2D eigenvalue weighted by Crippen LogP contribution is 2.16. The first-order chi connectivity index (χ1) is 10.7. The summed E-state index contributed by atoms with van der Waals surface area (Å²) in [6.07, 6.45) is 6.05. The van der Waals surface area contributed by atoms with E-state index in [1.54, 1.807) is 28.2 Å². The van der Waals surface area contributed by atoms with Crippen molar-refractivity contribution in [2.75, 3.05) is 6.54 Å². The number of aromatic nitrogens is 3. The van der Waals surface area contributed by atoms with E-state index >= 15 is 0 Å². The van der Waals surface area contributed by atoms with Crippen molar-refractivity contribution < 1.29 is 4.79 Å². The van der Waals surface area contributed by atoms with Gasteiger partial charge in [-0.2, -0.15) is 5.10 Å². The quantitative estimate of drug-likeness (QED) is 0.891. The lowest BCUT2D eigenvalue weighted by Gasteiger charge is -2.25. The van der Waals surface area contributed by atoms with Crippen LogP contribution in [0.1, 0.15) is 37.6 Å². The van der Waals surface area contributed by atoms with Gasteiger partial charge in [0.15, 0.2) is 0 Å². The highest BCUT2D eigenvalue weighted by atomic mass is 16.2. The molecule has 0 unspecified atom stereocenters. The van der Waals surface area contributed by atoms with E-state index in [-0.39, 0.29) is 12.1 Å². The molecule has 2 amide bonds. The largest absolute Gasteiger partial charge is 0.330 e. The minimum Gasteiger partial charge on any atom is -0.330 e. The Balaban J connectivity index is 2.03. The number of urea groups is 1. The van der Waals surface area contributed by atoms with Crippen LogP contribution in [0.2, 0.25) is 0 Å². The molecule has 2 heterocycles. The first-order valence-electron chi connectivity index (χ1n) is 7.57. The molecule has 0 fully saturated rings. The third kappa shape index (κ3) is 3.84. The molecule has 6 heteroatoms. The summed E-state index contributed by atoms with van der Waals surface area (Å²) in [5.74, 6) is 0. The summed E-state index contributed by atoms with van der Waals surface area (Å²) in [7, 11) is 1.89. The maximum absolute atomic E-state index is 12.5. The zero-order valence-corrected chi connectivity index (χ0v) is 13.4. The SMILES string of the molecule is CC[C@H](NC(=O)N(CC)Cc1ccncc1)c1ccnn1C. The predicted molar refractivity (Wildman–Crippen MR) is 85.1 cm³/mol. The molecule has 0 bridgehead atoms. The Bertz CT molecular complexity index is 596. The number of hydrogen-bond donors (Lipinski definition) is 1. The van der Waals surface area contributed by atoms with Crippen molar-refractivity contribution in [2.24, 2.45) is 7.05 Å². The van der Waals surface area contributed by atoms with Crippen molar-refractivity contribution in [3.05, 3.63) is 48.0 Å². The van der Waals surface area contributed by atoms with Gasteiger partial charge in [0.2, 0.25) is 0 Å². The summed E-state index contributed by atoms with van der Waals surface area (Å²) < 4.78 is 1.80. The second-order valence-electron chi connectivity index (χ2n) is 5.16. The molecule has 1 N–H and O–H groups in total. The van der Waals surface area contributed by atoms with E-state index < -0.39 is 0 Å². The van der Waals surface area contributed by atoms with Crippen LogP contribution in [0.4, 0.5) is 4.79 Å². The monoisotopic (exact) mass is 301 g/mol. The topological polar surface area (TPSA) is 63.1 Å². The third-order valence-corrected chi connectivity index (χ3v) is 3.71. The van der Waals surface area contributed by atoms with Crippen LogP contribution in [0, 0.1) is 0 Å². The van der Waals surface area contributed by atoms with Gasteiger partial charge in [-0.05, 0) is 37.1 Å². The maximum atomic E-state index is 12.5. The summed E-state index contributed by atoms with van der Waals surface area (Å²) >= 11 is 0. The predicted octanol–water partition coefficient (Wildman–Crippen LogP) is 2.50. The summed E-state index contributed by atoms with van der Waals surface area (Å²) in [6, 6.07) is 5.69. The van der Waals surface area contributed by atoms with Gasteiger partial charge in [0, 0.05) is 38.7 Å². The Hall–Kier alpha value is -2.37. The average molecular weight is 301 g/mol. The van der Waals surface area contributed by atoms with Crippen LogP contribution in [-0.2, 0) is 13.6 Å². The maximum Gasteiger partial charge on any atom is 0.318 e. The summed E-state index contributed by atoms with van der Waals surface area (Å²) in [5.41, 5.74) is 2.08. The van der Waals surface area contributed by atoms with Crippen molar-refractivity contribution in [2.45, 2.75) is 32.9 Å². The van der Waals surface area contributed by atoms with E-state index in [9.17, 15) is 4.79 Å². The lowest BCUT2D eigenvalue weighted by Crippen LogP contribution is -2.41. The van der Waals surface area contributed by atoms with E-state index in [1.165, 1.54) is 0 Å². The molecule has 1 atom stereocenters. The fourth-order valence-electron chi connectivity index (χ4n) is 2.39. The smallest absolute Gasteiger partial charge is 0.318 e. The second kappa shape index (κ2) is 7.59. The van der Waals surface area contributed by atoms with Crippen molar-refractivity contribution in [1.82, 2.24) is 25.0 Å². The van der Waals surface area contributed by atoms with E-state index in [4.69, 9.17) is 0 Å². The van der Waals surface area contributed by atoms with Crippen LogP contribution in [0.5, 0.6) is 0 Å². The van der Waals surface area contributed by atoms with E-state index in [1.807, 2.05) is 32.2 Å². The summed E-state index contributed by atoms with van der Waals surface area (Å²) in [5, 5.41) is 7.26. The minimum absolute atomic E-state index is 0.0357. The van der Waals surface area contributed by atoms with E-state index in [2.05, 4.69) is 22.3 Å². The summed E-state index contributed by atoms with van der Waals surface area (Å²) in [6.45, 7) is 5.26. The Morgan fingerprint density at radius 1 is 1.27 bits per heavy atom. The van der Waals surface area contributed by atoms with Crippen LogP contribution >= 0.6 is 0 Å². The molecule has 0 saturated carbocycles. The van der Waals surface area contributed by atoms with Gasteiger partial charge < -0.3 is 10.2 Å². The van der Waals surface area contributed by atoms with Crippen LogP contribution in [-0.4, -0.2) is 32.2 Å². The van der Waals surface area contributed by atoms with E-state index in [0.29, 0.717) is 13.1 Å². The molecular formula is C16H23N5O. The molecule has 0 aliphatic carbocycles. The van der Waals surface area contributed by atoms with Gasteiger partial charge in [0.05, 0.1) is 11.7 Å². The molecular weight excluding hydrogens is 278 g/mol. The lowest BCUT2D eigenvalue weighted by atomic mass is 10.1. The number of amides is 2. The second-order valence-corrected chi connectivity index (χ2v) is 5.16. The van der Waals surface area contributed by atoms with Gasteiger partial charge >= 0.3 is 6.03 Å². The molecule has 2 aromatic heterocycles. The first kappa shape index (κ1) is 16.0. The standard InChI is InChI=1S/C16H23N5O/c1-4-14(15-8-11-18-20(15)3)19-16(22)21(5-2)12-13-6-9-17-10-7-13/h6-11,14H,4-5,12H2,1-3H3,(H,19,22)/t14-/m0/s1. The van der Waals surface area contributed by atoms with Crippen LogP contribution in [0.3, 0.4) is 0 Å². The Morgan fingerprint density at radius 2 is 2.00 bits per heavy atom. The fraction of sp³-hybridized carbons (Fsp3) is 0.438. The van der Waals surface area contributed by atoms with Crippen molar-refractivity contribution in [1.29, 1.82) is 0 Å². The number of carbonyl (C=O) groups is 1. The molecule has 0 aliphatic rings. The molecule has 0 aromatic carbocycles. The zero-order valence-electron chi connectivity index (χ0n) is 13.4. The number of nitrogens with zero attached hydrogens (tertiary/aromatic N) is 4. The molecule has 22 heavy (non-hydrogen) atoms. The van der Waals surface area contributed by atoms with Crippen LogP contribution < -0.4 is 5.32 Å². The van der Waals surface area contributed by atoms with Gasteiger partial charge in [-0.1, -0.05) is 6.92 Å². The Morgan fingerprint density at radius 3 is 2.55 bits per heavy atom. The van der Waals surface area contributed by atoms with Crippen LogP contribution in [0.25, 0.3) is 0 Å². The average Bonchev–Trinajstić information content (AvgIpc) is 2.97. The molecule has 0 saturated heterocycles. The molecule has 0 spiro atoms. The first-order valence-corrected chi connectivity index (χ1v) is 7.57. The molecule has 2 aromatic rings. The van der Waals surface area contributed by atoms with Gasteiger partial charge in [-0.15, -0.1) is 0 Å². The minimum atomic E-state index is -0.0626. The number of rotatable bonds is 6. The van der Waals surface area contributed by atoms with E-state index in [0.717, 1.165) is 17.7 Å². The zero-order chi connectivity index (χ0) is 15.9. The highest BCUT2D eigenvalue weighted by Gasteiger charge is 2.19. The Kier molecular flexibility index (Phi) is 5.52. The number of nitrogens with one attached hydrogen (secondary N) is 1. The molecule has 0 radical (unpaired) electrons. The van der Waals surface area contributed by atoms with Gasteiger partial charge in [-0.25, -0.2) is 4.79 Å². The third-order valence-electron chi connectivity index (χ3n) is 3.71.